The highest BCUT2D eigenvalue weighted by Crippen LogP contribution is 2.33. The number of sulfonamides is 1. The number of aryl methyl sites for hydroxylation is 1. The SMILES string of the molecule is CCOc1ccccc1N(CC(=O)NCCCSCc1ccccc1C)S(=O)(=O)c1ccc(SC)cc1. The molecule has 198 valence electrons. The van der Waals surface area contributed by atoms with E-state index in [-0.39, 0.29) is 17.3 Å². The van der Waals surface area contributed by atoms with Crippen LogP contribution in [0.4, 0.5) is 5.69 Å². The number of anilines is 1. The number of nitrogens with zero attached hydrogens (tertiary/aromatic N) is 1. The van der Waals surface area contributed by atoms with Crippen LogP contribution in [0.15, 0.2) is 82.6 Å². The number of carbonyl (C=O) groups is 1. The molecule has 37 heavy (non-hydrogen) atoms. The van der Waals surface area contributed by atoms with Gasteiger partial charge in [0.1, 0.15) is 12.3 Å². The minimum absolute atomic E-state index is 0.122. The van der Waals surface area contributed by atoms with Gasteiger partial charge < -0.3 is 10.1 Å². The second-order valence-electron chi connectivity index (χ2n) is 8.27. The van der Waals surface area contributed by atoms with Crippen molar-refractivity contribution in [1.82, 2.24) is 5.32 Å². The number of hydrogen-bond acceptors (Lipinski definition) is 6. The fourth-order valence-corrected chi connectivity index (χ4v) is 6.53. The van der Waals surface area contributed by atoms with Crippen molar-refractivity contribution < 1.29 is 17.9 Å². The van der Waals surface area contributed by atoms with E-state index in [2.05, 4.69) is 24.4 Å². The summed E-state index contributed by atoms with van der Waals surface area (Å²) in [5.74, 6) is 1.87. The standard InChI is InChI=1S/C28H34N2O4S3/c1-4-34-27-13-8-7-12-26(27)30(37(32,33)25-16-14-24(35-3)15-17-25)20-28(31)29-18-9-19-36-21-23-11-6-5-10-22(23)2/h5-8,10-17H,4,9,18-21H2,1-3H3,(H,29,31). The largest absolute Gasteiger partial charge is 0.492 e. The summed E-state index contributed by atoms with van der Waals surface area (Å²) < 4.78 is 34.2. The van der Waals surface area contributed by atoms with Gasteiger partial charge in [0, 0.05) is 17.2 Å². The van der Waals surface area contributed by atoms with Crippen LogP contribution in [-0.2, 0) is 20.6 Å². The number of hydrogen-bond donors (Lipinski definition) is 1. The Morgan fingerprint density at radius 2 is 1.70 bits per heavy atom. The highest BCUT2D eigenvalue weighted by atomic mass is 32.2. The third-order valence-corrected chi connectivity index (χ3v) is 9.28. The van der Waals surface area contributed by atoms with Gasteiger partial charge in [-0.3, -0.25) is 9.10 Å². The molecular formula is C28H34N2O4S3. The molecule has 3 rings (SSSR count). The highest BCUT2D eigenvalue weighted by Gasteiger charge is 2.29. The van der Waals surface area contributed by atoms with Crippen molar-refractivity contribution in [2.24, 2.45) is 0 Å². The van der Waals surface area contributed by atoms with E-state index in [1.807, 2.05) is 37.1 Å². The Hall–Kier alpha value is -2.62. The number of para-hydroxylation sites is 2. The molecule has 0 saturated heterocycles. The lowest BCUT2D eigenvalue weighted by Gasteiger charge is -2.26. The van der Waals surface area contributed by atoms with Gasteiger partial charge in [-0.1, -0.05) is 36.4 Å². The summed E-state index contributed by atoms with van der Waals surface area (Å²) in [4.78, 5) is 14.0. The van der Waals surface area contributed by atoms with Crippen molar-refractivity contribution in [2.45, 2.75) is 35.8 Å². The molecule has 0 saturated carbocycles. The van der Waals surface area contributed by atoms with Crippen LogP contribution in [0.25, 0.3) is 0 Å². The van der Waals surface area contributed by atoms with Gasteiger partial charge in [0.2, 0.25) is 5.91 Å². The Bertz CT molecular complexity index is 1260. The molecule has 0 spiro atoms. The van der Waals surface area contributed by atoms with Crippen LogP contribution in [0.3, 0.4) is 0 Å². The molecule has 0 radical (unpaired) electrons. The van der Waals surface area contributed by atoms with Crippen molar-refractivity contribution in [3.05, 3.63) is 83.9 Å². The van der Waals surface area contributed by atoms with Crippen LogP contribution in [0, 0.1) is 6.92 Å². The summed E-state index contributed by atoms with van der Waals surface area (Å²) in [6.45, 7) is 4.45. The monoisotopic (exact) mass is 558 g/mol. The first kappa shape index (κ1) is 28.9. The van der Waals surface area contributed by atoms with Crippen LogP contribution in [-0.4, -0.2) is 46.0 Å². The van der Waals surface area contributed by atoms with Gasteiger partial charge in [-0.15, -0.1) is 11.8 Å². The molecule has 0 atom stereocenters. The van der Waals surface area contributed by atoms with E-state index in [0.29, 0.717) is 24.6 Å². The molecule has 0 bridgehead atoms. The van der Waals surface area contributed by atoms with E-state index in [1.54, 1.807) is 48.5 Å². The predicted molar refractivity (Wildman–Crippen MR) is 155 cm³/mol. The molecule has 3 aromatic rings. The van der Waals surface area contributed by atoms with Gasteiger partial charge in [0.25, 0.3) is 10.0 Å². The van der Waals surface area contributed by atoms with Crippen LogP contribution in [0.2, 0.25) is 0 Å². The molecule has 0 fully saturated rings. The molecule has 1 amide bonds. The second-order valence-corrected chi connectivity index (χ2v) is 12.1. The Balaban J connectivity index is 1.67. The number of nitrogens with one attached hydrogen (secondary N) is 1. The molecular weight excluding hydrogens is 525 g/mol. The normalized spacial score (nSPS) is 11.2. The number of rotatable bonds is 14. The summed E-state index contributed by atoms with van der Waals surface area (Å²) in [5.41, 5.74) is 2.93. The Kier molecular flexibility index (Phi) is 11.2. The molecule has 0 aliphatic rings. The lowest BCUT2D eigenvalue weighted by atomic mass is 10.1. The van der Waals surface area contributed by atoms with Gasteiger partial charge in [0.15, 0.2) is 0 Å². The summed E-state index contributed by atoms with van der Waals surface area (Å²) in [6.07, 6.45) is 2.72. The Labute approximate surface area is 229 Å². The molecule has 1 N–H and O–H groups in total. The summed E-state index contributed by atoms with van der Waals surface area (Å²) in [7, 11) is -4.01. The van der Waals surface area contributed by atoms with Gasteiger partial charge >= 0.3 is 0 Å². The maximum atomic E-state index is 13.7. The number of ether oxygens (including phenoxy) is 1. The average molecular weight is 559 g/mol. The molecule has 9 heteroatoms. The topological polar surface area (TPSA) is 75.7 Å². The molecule has 0 heterocycles. The smallest absolute Gasteiger partial charge is 0.264 e. The van der Waals surface area contributed by atoms with Gasteiger partial charge in [-0.2, -0.15) is 11.8 Å². The first-order valence-electron chi connectivity index (χ1n) is 12.1. The summed E-state index contributed by atoms with van der Waals surface area (Å²) in [5, 5.41) is 2.88. The zero-order valence-electron chi connectivity index (χ0n) is 21.5. The third-order valence-electron chi connectivity index (χ3n) is 5.67. The maximum Gasteiger partial charge on any atom is 0.264 e. The number of thioether (sulfide) groups is 2. The minimum Gasteiger partial charge on any atom is -0.492 e. The van der Waals surface area contributed by atoms with E-state index in [0.717, 1.165) is 27.1 Å². The minimum atomic E-state index is -4.01. The first-order valence-corrected chi connectivity index (χ1v) is 16.0. The Morgan fingerprint density at radius 3 is 2.41 bits per heavy atom. The number of amides is 1. The predicted octanol–water partition coefficient (Wildman–Crippen LogP) is 5.75. The zero-order chi connectivity index (χ0) is 26.7. The van der Waals surface area contributed by atoms with E-state index in [9.17, 15) is 13.2 Å². The summed E-state index contributed by atoms with van der Waals surface area (Å²) in [6, 6.07) is 21.9. The van der Waals surface area contributed by atoms with E-state index in [1.165, 1.54) is 22.9 Å². The summed E-state index contributed by atoms with van der Waals surface area (Å²) >= 11 is 3.35. The van der Waals surface area contributed by atoms with Crippen LogP contribution in [0.1, 0.15) is 24.5 Å². The quantitative estimate of drug-likeness (QED) is 0.201. The number of benzene rings is 3. The van der Waals surface area contributed by atoms with Gasteiger partial charge in [-0.25, -0.2) is 8.42 Å². The third kappa shape index (κ3) is 8.18. The molecule has 0 aliphatic carbocycles. The fourth-order valence-electron chi connectivity index (χ4n) is 3.66. The van der Waals surface area contributed by atoms with Gasteiger partial charge in [-0.05, 0) is 79.8 Å². The van der Waals surface area contributed by atoms with Crippen molar-refractivity contribution in [3.63, 3.8) is 0 Å². The molecule has 0 unspecified atom stereocenters. The van der Waals surface area contributed by atoms with Gasteiger partial charge in [0.05, 0.1) is 17.2 Å². The fraction of sp³-hybridized carbons (Fsp3) is 0.321. The lowest BCUT2D eigenvalue weighted by molar-refractivity contribution is -0.119. The van der Waals surface area contributed by atoms with Crippen LogP contribution < -0.4 is 14.4 Å². The van der Waals surface area contributed by atoms with E-state index >= 15 is 0 Å². The van der Waals surface area contributed by atoms with Crippen molar-refractivity contribution in [2.75, 3.05) is 36.0 Å². The maximum absolute atomic E-state index is 13.7. The Morgan fingerprint density at radius 1 is 1.00 bits per heavy atom. The van der Waals surface area contributed by atoms with Crippen molar-refractivity contribution in [1.29, 1.82) is 0 Å². The molecule has 0 aromatic heterocycles. The average Bonchev–Trinajstić information content (AvgIpc) is 2.91. The lowest BCUT2D eigenvalue weighted by Crippen LogP contribution is -2.41. The second kappa shape index (κ2) is 14.4. The van der Waals surface area contributed by atoms with Crippen molar-refractivity contribution >= 4 is 45.1 Å². The zero-order valence-corrected chi connectivity index (χ0v) is 23.9. The van der Waals surface area contributed by atoms with Crippen molar-refractivity contribution in [3.8, 4) is 5.75 Å². The van der Waals surface area contributed by atoms with E-state index < -0.39 is 10.0 Å². The molecule has 6 nitrogen and oxygen atoms in total. The number of carbonyl (C=O) groups excluding carboxylic acids is 1. The van der Waals surface area contributed by atoms with Crippen LogP contribution in [0.5, 0.6) is 5.75 Å². The van der Waals surface area contributed by atoms with Crippen LogP contribution >= 0.6 is 23.5 Å². The first-order chi connectivity index (χ1) is 17.9. The molecule has 3 aromatic carbocycles. The molecule has 0 aliphatic heterocycles. The highest BCUT2D eigenvalue weighted by molar-refractivity contribution is 7.98. The van der Waals surface area contributed by atoms with E-state index in [4.69, 9.17) is 4.74 Å².